The molecule has 6 nitrogen and oxygen atoms in total. The monoisotopic (exact) mass is 431 g/mol. The van der Waals surface area contributed by atoms with Gasteiger partial charge in [-0.25, -0.2) is 13.6 Å². The lowest BCUT2D eigenvalue weighted by Gasteiger charge is -2.31. The van der Waals surface area contributed by atoms with E-state index in [1.165, 1.54) is 30.3 Å². The second kappa shape index (κ2) is 10.7. The van der Waals surface area contributed by atoms with Crippen LogP contribution < -0.4 is 15.4 Å². The molecule has 3 amide bonds. The van der Waals surface area contributed by atoms with Crippen LogP contribution in [0.25, 0.3) is 0 Å². The van der Waals surface area contributed by atoms with Gasteiger partial charge in [0.2, 0.25) is 5.91 Å². The van der Waals surface area contributed by atoms with E-state index in [1.807, 2.05) is 6.92 Å². The van der Waals surface area contributed by atoms with Crippen molar-refractivity contribution in [2.24, 2.45) is 5.92 Å². The van der Waals surface area contributed by atoms with Crippen LogP contribution in [0.2, 0.25) is 0 Å². The third-order valence-corrected chi connectivity index (χ3v) is 5.20. The highest BCUT2D eigenvalue weighted by Crippen LogP contribution is 2.27. The minimum absolute atomic E-state index is 0.0510. The lowest BCUT2D eigenvalue weighted by Crippen LogP contribution is -2.46. The number of nitrogens with zero attached hydrogens (tertiary/aromatic N) is 1. The Hall–Kier alpha value is -3.16. The zero-order valence-corrected chi connectivity index (χ0v) is 17.5. The van der Waals surface area contributed by atoms with Crippen molar-refractivity contribution >= 4 is 11.9 Å². The molecule has 0 aromatic heterocycles. The largest absolute Gasteiger partial charge is 0.451 e. The number of halogens is 2. The number of hydrogen-bond acceptors (Lipinski definition) is 3. The van der Waals surface area contributed by atoms with E-state index in [4.69, 9.17) is 4.74 Å². The zero-order chi connectivity index (χ0) is 22.2. The number of hydrogen-bond donors (Lipinski definition) is 2. The number of likely N-dealkylation sites (tertiary alicyclic amines) is 1. The molecule has 1 aliphatic rings. The summed E-state index contributed by atoms with van der Waals surface area (Å²) in [6, 6.07) is 9.79. The number of para-hydroxylation sites is 1. The van der Waals surface area contributed by atoms with E-state index in [2.05, 4.69) is 10.6 Å². The van der Waals surface area contributed by atoms with Gasteiger partial charge in [-0.05, 0) is 49.1 Å². The lowest BCUT2D eigenvalue weighted by molar-refractivity contribution is -0.126. The Balaban J connectivity index is 1.48. The fraction of sp³-hybridized carbons (Fsp3) is 0.391. The van der Waals surface area contributed by atoms with Crippen LogP contribution in [-0.2, 0) is 11.3 Å². The van der Waals surface area contributed by atoms with E-state index in [-0.39, 0.29) is 35.9 Å². The van der Waals surface area contributed by atoms with Crippen molar-refractivity contribution in [3.05, 3.63) is 59.7 Å². The van der Waals surface area contributed by atoms with Crippen LogP contribution in [0.4, 0.5) is 13.6 Å². The van der Waals surface area contributed by atoms with Crippen LogP contribution in [0.1, 0.15) is 31.7 Å². The summed E-state index contributed by atoms with van der Waals surface area (Å²) >= 11 is 0. The Morgan fingerprint density at radius 1 is 1.03 bits per heavy atom. The quantitative estimate of drug-likeness (QED) is 0.690. The maximum absolute atomic E-state index is 14.3. The molecule has 31 heavy (non-hydrogen) atoms. The van der Waals surface area contributed by atoms with Gasteiger partial charge in [-0.15, -0.1) is 0 Å². The van der Waals surface area contributed by atoms with Crippen molar-refractivity contribution in [1.82, 2.24) is 15.5 Å². The normalized spacial score (nSPS) is 14.2. The molecule has 0 unspecified atom stereocenters. The first-order valence-electron chi connectivity index (χ1n) is 10.5. The molecule has 3 rings (SSSR count). The Kier molecular flexibility index (Phi) is 7.81. The highest BCUT2D eigenvalue weighted by Gasteiger charge is 2.27. The van der Waals surface area contributed by atoms with Crippen molar-refractivity contribution in [2.75, 3.05) is 19.6 Å². The topological polar surface area (TPSA) is 70.7 Å². The summed E-state index contributed by atoms with van der Waals surface area (Å²) in [6.07, 6.45) is 2.14. The third-order valence-electron chi connectivity index (χ3n) is 5.20. The molecule has 1 aliphatic heterocycles. The van der Waals surface area contributed by atoms with E-state index < -0.39 is 11.6 Å². The number of carbonyl (C=O) groups is 2. The Morgan fingerprint density at radius 2 is 1.74 bits per heavy atom. The van der Waals surface area contributed by atoms with Gasteiger partial charge in [-0.1, -0.05) is 25.1 Å². The Morgan fingerprint density at radius 3 is 2.42 bits per heavy atom. The van der Waals surface area contributed by atoms with Crippen molar-refractivity contribution < 1.29 is 23.1 Å². The number of amides is 3. The number of urea groups is 1. The number of ether oxygens (including phenoxy) is 1. The Labute approximate surface area is 180 Å². The van der Waals surface area contributed by atoms with Crippen molar-refractivity contribution in [3.8, 4) is 11.5 Å². The molecule has 2 aromatic carbocycles. The van der Waals surface area contributed by atoms with E-state index in [0.717, 1.165) is 6.42 Å². The Bertz CT molecular complexity index is 915. The van der Waals surface area contributed by atoms with Gasteiger partial charge in [0.05, 0.1) is 0 Å². The van der Waals surface area contributed by atoms with Gasteiger partial charge < -0.3 is 20.3 Å². The summed E-state index contributed by atoms with van der Waals surface area (Å²) in [7, 11) is 0. The number of carbonyl (C=O) groups excluding carboxylic acids is 2. The van der Waals surface area contributed by atoms with Crippen LogP contribution in [-0.4, -0.2) is 36.5 Å². The van der Waals surface area contributed by atoms with Gasteiger partial charge in [-0.2, -0.15) is 0 Å². The molecule has 166 valence electrons. The standard InChI is InChI=1S/C23H27F2N3O3/c1-2-11-26-22(29)17-9-12-28(13-10-17)23(30)27-15-16-7-8-21(19(25)14-16)31-20-6-4-3-5-18(20)24/h3-8,14,17H,2,9-13,15H2,1H3,(H,26,29)(H,27,30). The number of rotatable bonds is 7. The molecule has 1 saturated heterocycles. The van der Waals surface area contributed by atoms with Gasteiger partial charge in [0, 0.05) is 32.1 Å². The smallest absolute Gasteiger partial charge is 0.317 e. The molecule has 0 atom stereocenters. The number of nitrogens with one attached hydrogen (secondary N) is 2. The molecule has 1 fully saturated rings. The summed E-state index contributed by atoms with van der Waals surface area (Å²) in [4.78, 5) is 26.1. The predicted molar refractivity (Wildman–Crippen MR) is 113 cm³/mol. The van der Waals surface area contributed by atoms with Crippen LogP contribution in [0.15, 0.2) is 42.5 Å². The molecule has 1 heterocycles. The van der Waals surface area contributed by atoms with E-state index in [9.17, 15) is 18.4 Å². The van der Waals surface area contributed by atoms with Gasteiger partial charge in [0.15, 0.2) is 23.1 Å². The molecule has 0 bridgehead atoms. The summed E-state index contributed by atoms with van der Waals surface area (Å²) in [5, 5.41) is 5.67. The molecule has 0 aliphatic carbocycles. The number of benzene rings is 2. The molecule has 2 N–H and O–H groups in total. The summed E-state index contributed by atoms with van der Waals surface area (Å²) in [5.74, 6) is -1.39. The van der Waals surface area contributed by atoms with Crippen molar-refractivity contribution in [3.63, 3.8) is 0 Å². The van der Waals surface area contributed by atoms with Gasteiger partial charge in [-0.3, -0.25) is 4.79 Å². The molecule has 0 spiro atoms. The first-order chi connectivity index (χ1) is 15.0. The molecular formula is C23H27F2N3O3. The molecule has 0 radical (unpaired) electrons. The van der Waals surface area contributed by atoms with Gasteiger partial charge >= 0.3 is 6.03 Å². The zero-order valence-electron chi connectivity index (χ0n) is 17.5. The molecule has 0 saturated carbocycles. The highest BCUT2D eigenvalue weighted by atomic mass is 19.1. The third kappa shape index (κ3) is 6.16. The van der Waals surface area contributed by atoms with Crippen LogP contribution >= 0.6 is 0 Å². The van der Waals surface area contributed by atoms with Gasteiger partial charge in [0.25, 0.3) is 0 Å². The van der Waals surface area contributed by atoms with Crippen LogP contribution in [0.3, 0.4) is 0 Å². The molecular weight excluding hydrogens is 404 g/mol. The predicted octanol–water partition coefficient (Wildman–Crippen LogP) is 4.20. The molecule has 2 aromatic rings. The van der Waals surface area contributed by atoms with Crippen molar-refractivity contribution in [1.29, 1.82) is 0 Å². The minimum atomic E-state index is -0.645. The average molecular weight is 431 g/mol. The maximum atomic E-state index is 14.3. The van der Waals surface area contributed by atoms with Gasteiger partial charge in [0.1, 0.15) is 0 Å². The van der Waals surface area contributed by atoms with E-state index in [1.54, 1.807) is 17.0 Å². The SMILES string of the molecule is CCCNC(=O)C1CCN(C(=O)NCc2ccc(Oc3ccccc3F)c(F)c2)CC1. The summed E-state index contributed by atoms with van der Waals surface area (Å²) < 4.78 is 33.3. The first-order valence-corrected chi connectivity index (χ1v) is 10.5. The summed E-state index contributed by atoms with van der Waals surface area (Å²) in [5.41, 5.74) is 0.556. The lowest BCUT2D eigenvalue weighted by atomic mass is 9.96. The summed E-state index contributed by atoms with van der Waals surface area (Å²) in [6.45, 7) is 3.81. The fourth-order valence-corrected chi connectivity index (χ4v) is 3.41. The fourth-order valence-electron chi connectivity index (χ4n) is 3.41. The minimum Gasteiger partial charge on any atom is -0.451 e. The van der Waals surface area contributed by atoms with E-state index in [0.29, 0.717) is 38.0 Å². The average Bonchev–Trinajstić information content (AvgIpc) is 2.79. The first kappa shape index (κ1) is 22.5. The number of piperidine rings is 1. The van der Waals surface area contributed by atoms with E-state index >= 15 is 0 Å². The highest BCUT2D eigenvalue weighted by molar-refractivity contribution is 5.79. The van der Waals surface area contributed by atoms with Crippen molar-refractivity contribution in [2.45, 2.75) is 32.7 Å². The molecule has 8 heteroatoms. The second-order valence-electron chi connectivity index (χ2n) is 7.51. The second-order valence-corrected chi connectivity index (χ2v) is 7.51. The van der Waals surface area contributed by atoms with Crippen LogP contribution in [0, 0.1) is 17.6 Å². The van der Waals surface area contributed by atoms with Crippen LogP contribution in [0.5, 0.6) is 11.5 Å². The maximum Gasteiger partial charge on any atom is 0.317 e.